The van der Waals surface area contributed by atoms with Crippen molar-refractivity contribution in [2.45, 2.75) is 0 Å². The number of hydrogen-bond acceptors (Lipinski definition) is 4. The van der Waals surface area contributed by atoms with E-state index in [1.165, 1.54) is 12.1 Å². The maximum atomic E-state index is 11.1. The highest BCUT2D eigenvalue weighted by Crippen LogP contribution is 2.30. The summed E-state index contributed by atoms with van der Waals surface area (Å²) in [5, 5.41) is 10.7. The number of nitrogens with two attached hydrogens (primary N) is 2. The molecule has 84 valence electrons. The standard InChI is InChI=1S/C8H6BrN3O4/c9-4-2-1-3(7(10)13)5(8(11)14)6(4)12(15)16/h1-2H,(H2,10,13)(H2,11,14). The van der Waals surface area contributed by atoms with E-state index in [1.807, 2.05) is 0 Å². The average molecular weight is 288 g/mol. The predicted molar refractivity (Wildman–Crippen MR) is 57.8 cm³/mol. The molecule has 0 saturated heterocycles. The molecule has 0 heterocycles. The van der Waals surface area contributed by atoms with Gasteiger partial charge < -0.3 is 11.5 Å². The molecule has 7 nitrogen and oxygen atoms in total. The van der Waals surface area contributed by atoms with Crippen molar-refractivity contribution in [3.8, 4) is 0 Å². The third-order valence-electron chi connectivity index (χ3n) is 1.82. The number of amides is 2. The van der Waals surface area contributed by atoms with Crippen LogP contribution in [-0.2, 0) is 0 Å². The maximum absolute atomic E-state index is 11.1. The lowest BCUT2D eigenvalue weighted by Gasteiger charge is -2.05. The van der Waals surface area contributed by atoms with Crippen LogP contribution in [0.1, 0.15) is 20.7 Å². The zero-order valence-corrected chi connectivity index (χ0v) is 9.35. The minimum Gasteiger partial charge on any atom is -0.366 e. The minimum absolute atomic E-state index is 0.0521. The third kappa shape index (κ3) is 2.01. The van der Waals surface area contributed by atoms with Gasteiger partial charge in [-0.25, -0.2) is 0 Å². The van der Waals surface area contributed by atoms with Crippen LogP contribution < -0.4 is 11.5 Å². The Kier molecular flexibility index (Phi) is 3.23. The summed E-state index contributed by atoms with van der Waals surface area (Å²) >= 11 is 2.90. The SMILES string of the molecule is NC(=O)c1ccc(Br)c([N+](=O)[O-])c1C(N)=O. The molecule has 0 atom stereocenters. The number of nitrogens with zero attached hydrogens (tertiary/aromatic N) is 1. The van der Waals surface area contributed by atoms with E-state index in [1.54, 1.807) is 0 Å². The number of nitro groups is 1. The van der Waals surface area contributed by atoms with E-state index >= 15 is 0 Å². The highest BCUT2D eigenvalue weighted by atomic mass is 79.9. The Morgan fingerprint density at radius 3 is 2.19 bits per heavy atom. The van der Waals surface area contributed by atoms with Crippen molar-refractivity contribution >= 4 is 33.4 Å². The van der Waals surface area contributed by atoms with Gasteiger partial charge in [-0.2, -0.15) is 0 Å². The number of nitro benzene ring substituents is 1. The van der Waals surface area contributed by atoms with E-state index in [0.29, 0.717) is 0 Å². The second-order valence-electron chi connectivity index (χ2n) is 2.80. The number of primary amides is 2. The van der Waals surface area contributed by atoms with Crippen LogP contribution in [0.2, 0.25) is 0 Å². The van der Waals surface area contributed by atoms with Gasteiger partial charge in [0.15, 0.2) is 0 Å². The third-order valence-corrected chi connectivity index (χ3v) is 2.46. The van der Waals surface area contributed by atoms with Crippen molar-refractivity contribution in [1.29, 1.82) is 0 Å². The largest absolute Gasteiger partial charge is 0.366 e. The molecule has 1 aromatic carbocycles. The van der Waals surface area contributed by atoms with Crippen LogP contribution in [-0.4, -0.2) is 16.7 Å². The molecule has 0 radical (unpaired) electrons. The van der Waals surface area contributed by atoms with Crippen LogP contribution in [0.15, 0.2) is 16.6 Å². The van der Waals surface area contributed by atoms with Crippen LogP contribution in [0.4, 0.5) is 5.69 Å². The molecule has 2 amide bonds. The summed E-state index contributed by atoms with van der Waals surface area (Å²) in [5.41, 5.74) is 8.64. The molecule has 0 aromatic heterocycles. The molecule has 1 aromatic rings. The number of hydrogen-bond donors (Lipinski definition) is 2. The fourth-order valence-electron chi connectivity index (χ4n) is 1.20. The number of benzene rings is 1. The van der Waals surface area contributed by atoms with Gasteiger partial charge >= 0.3 is 0 Å². The lowest BCUT2D eigenvalue weighted by Crippen LogP contribution is -2.22. The van der Waals surface area contributed by atoms with E-state index in [4.69, 9.17) is 11.5 Å². The highest BCUT2D eigenvalue weighted by Gasteiger charge is 2.27. The molecule has 16 heavy (non-hydrogen) atoms. The van der Waals surface area contributed by atoms with Crippen LogP contribution in [0, 0.1) is 10.1 Å². The summed E-state index contributed by atoms with van der Waals surface area (Å²) in [6.07, 6.45) is 0. The second-order valence-corrected chi connectivity index (χ2v) is 3.66. The van der Waals surface area contributed by atoms with Gasteiger partial charge in [-0.1, -0.05) is 0 Å². The average Bonchev–Trinajstić information content (AvgIpc) is 2.15. The second kappa shape index (κ2) is 4.27. The molecule has 0 fully saturated rings. The molecule has 0 aliphatic heterocycles. The first-order chi connectivity index (χ1) is 7.36. The minimum atomic E-state index is -1.08. The molecule has 0 saturated carbocycles. The van der Waals surface area contributed by atoms with E-state index in [9.17, 15) is 19.7 Å². The number of rotatable bonds is 3. The van der Waals surface area contributed by atoms with Gasteiger partial charge in [-0.3, -0.25) is 19.7 Å². The lowest BCUT2D eigenvalue weighted by molar-refractivity contribution is -0.385. The van der Waals surface area contributed by atoms with Crippen molar-refractivity contribution in [2.75, 3.05) is 0 Å². The quantitative estimate of drug-likeness (QED) is 0.621. The Morgan fingerprint density at radius 2 is 1.81 bits per heavy atom. The normalized spacial score (nSPS) is 9.81. The van der Waals surface area contributed by atoms with E-state index in [2.05, 4.69) is 15.9 Å². The van der Waals surface area contributed by atoms with Gasteiger partial charge in [0.1, 0.15) is 5.56 Å². The Bertz CT molecular complexity index is 500. The summed E-state index contributed by atoms with van der Waals surface area (Å²) in [6.45, 7) is 0. The van der Waals surface area contributed by atoms with Crippen molar-refractivity contribution in [2.24, 2.45) is 11.5 Å². The molecule has 1 rings (SSSR count). The van der Waals surface area contributed by atoms with Gasteiger partial charge in [0.25, 0.3) is 11.6 Å². The molecule has 0 aliphatic carbocycles. The first-order valence-corrected chi connectivity index (χ1v) is 4.72. The Hall–Kier alpha value is -1.96. The molecular weight excluding hydrogens is 282 g/mol. The Morgan fingerprint density at radius 1 is 1.25 bits per heavy atom. The molecular formula is C8H6BrN3O4. The van der Waals surface area contributed by atoms with Crippen molar-refractivity contribution in [3.63, 3.8) is 0 Å². The number of halogens is 1. The first-order valence-electron chi connectivity index (χ1n) is 3.92. The molecule has 0 unspecified atom stereocenters. The molecule has 4 N–H and O–H groups in total. The summed E-state index contributed by atoms with van der Waals surface area (Å²) in [5.74, 6) is -2.04. The van der Waals surface area contributed by atoms with E-state index < -0.39 is 28.0 Å². The molecule has 0 aliphatic rings. The predicted octanol–water partition coefficient (Wildman–Crippen LogP) is 0.555. The Balaban J connectivity index is 3.70. The fourth-order valence-corrected chi connectivity index (χ4v) is 1.67. The maximum Gasteiger partial charge on any atom is 0.297 e. The molecule has 0 bridgehead atoms. The summed E-state index contributed by atoms with van der Waals surface area (Å²) in [7, 11) is 0. The van der Waals surface area contributed by atoms with Gasteiger partial charge in [-0.05, 0) is 28.1 Å². The van der Waals surface area contributed by atoms with Crippen LogP contribution in [0.25, 0.3) is 0 Å². The summed E-state index contributed by atoms with van der Waals surface area (Å²) in [6, 6.07) is 2.45. The Labute approximate surface area is 97.7 Å². The van der Waals surface area contributed by atoms with E-state index in [-0.39, 0.29) is 10.0 Å². The monoisotopic (exact) mass is 287 g/mol. The van der Waals surface area contributed by atoms with Crippen LogP contribution in [0.5, 0.6) is 0 Å². The van der Waals surface area contributed by atoms with Gasteiger partial charge in [0, 0.05) is 0 Å². The highest BCUT2D eigenvalue weighted by molar-refractivity contribution is 9.10. The topological polar surface area (TPSA) is 129 Å². The van der Waals surface area contributed by atoms with Gasteiger partial charge in [0.2, 0.25) is 5.91 Å². The van der Waals surface area contributed by atoms with Crippen LogP contribution in [0.3, 0.4) is 0 Å². The van der Waals surface area contributed by atoms with Crippen LogP contribution >= 0.6 is 15.9 Å². The molecule has 8 heteroatoms. The zero-order chi connectivity index (χ0) is 12.5. The first kappa shape index (κ1) is 12.1. The van der Waals surface area contributed by atoms with Gasteiger partial charge in [-0.15, -0.1) is 0 Å². The summed E-state index contributed by atoms with van der Waals surface area (Å²) < 4.78 is 0.0521. The lowest BCUT2D eigenvalue weighted by atomic mass is 10.0. The number of carbonyl (C=O) groups is 2. The molecule has 0 spiro atoms. The fraction of sp³-hybridized carbons (Fsp3) is 0. The van der Waals surface area contributed by atoms with Crippen molar-refractivity contribution in [3.05, 3.63) is 37.8 Å². The van der Waals surface area contributed by atoms with Gasteiger partial charge in [0.05, 0.1) is 15.0 Å². The smallest absolute Gasteiger partial charge is 0.297 e. The zero-order valence-electron chi connectivity index (χ0n) is 7.77. The van der Waals surface area contributed by atoms with Crippen molar-refractivity contribution < 1.29 is 14.5 Å². The summed E-state index contributed by atoms with van der Waals surface area (Å²) in [4.78, 5) is 32.0. The van der Waals surface area contributed by atoms with E-state index in [0.717, 1.165) is 0 Å². The van der Waals surface area contributed by atoms with Crippen molar-refractivity contribution in [1.82, 2.24) is 0 Å². The number of carbonyl (C=O) groups excluding carboxylic acids is 2.